The molecule has 0 spiro atoms. The molecule has 1 atom stereocenters. The predicted octanol–water partition coefficient (Wildman–Crippen LogP) is 3.12. The van der Waals surface area contributed by atoms with Crippen molar-refractivity contribution in [3.8, 4) is 0 Å². The largest absolute Gasteiger partial charge is 0.457 e. The molecule has 5 rings (SSSR count). The molecule has 0 aliphatic carbocycles. The number of carbonyl (C=O) groups is 2. The molecule has 3 N–H and O–H groups in total. The third kappa shape index (κ3) is 4.84. The van der Waals surface area contributed by atoms with Gasteiger partial charge in [0.25, 0.3) is 0 Å². The van der Waals surface area contributed by atoms with Crippen molar-refractivity contribution in [1.29, 1.82) is 0 Å². The first-order chi connectivity index (χ1) is 17.4. The van der Waals surface area contributed by atoms with Gasteiger partial charge in [-0.15, -0.1) is 0 Å². The third-order valence-electron chi connectivity index (χ3n) is 6.96. The van der Waals surface area contributed by atoms with Crippen molar-refractivity contribution >= 4 is 29.7 Å². The number of hydrogen-bond acceptors (Lipinski definition) is 8. The van der Waals surface area contributed by atoms with Gasteiger partial charge >= 0.3 is 12.1 Å². The van der Waals surface area contributed by atoms with Gasteiger partial charge in [0.15, 0.2) is 0 Å². The number of carbonyl (C=O) groups excluding carboxylic acids is 2. The van der Waals surface area contributed by atoms with Crippen molar-refractivity contribution in [2.24, 2.45) is 10.7 Å². The van der Waals surface area contributed by atoms with Crippen molar-refractivity contribution in [2.45, 2.75) is 26.5 Å². The van der Waals surface area contributed by atoms with Gasteiger partial charge in [-0.05, 0) is 66.6 Å². The summed E-state index contributed by atoms with van der Waals surface area (Å²) < 4.78 is 10.3. The number of nitrogens with one attached hydrogen (secondary N) is 1. The van der Waals surface area contributed by atoms with Crippen molar-refractivity contribution in [1.82, 2.24) is 10.2 Å². The number of anilines is 1. The summed E-state index contributed by atoms with van der Waals surface area (Å²) in [7, 11) is 0. The number of nitrogens with two attached hydrogens (primary N) is 1. The van der Waals surface area contributed by atoms with Crippen LogP contribution in [0.25, 0.3) is 0 Å². The van der Waals surface area contributed by atoms with Crippen LogP contribution in [0.2, 0.25) is 0 Å². The van der Waals surface area contributed by atoms with Crippen LogP contribution in [0.4, 0.5) is 16.2 Å². The van der Waals surface area contributed by atoms with E-state index in [4.69, 9.17) is 15.2 Å². The number of aryl methyl sites for hydroxylation is 1. The lowest BCUT2D eigenvalue weighted by molar-refractivity contribution is 0.0535. The molecule has 9 nitrogen and oxygen atoms in total. The van der Waals surface area contributed by atoms with Crippen LogP contribution < -0.4 is 16.0 Å². The molecular formula is C27H31N5O4. The Balaban J connectivity index is 1.27. The van der Waals surface area contributed by atoms with E-state index >= 15 is 0 Å². The Morgan fingerprint density at radius 2 is 2.06 bits per heavy atom. The molecule has 0 aromatic heterocycles. The molecule has 0 unspecified atom stereocenters. The Bertz CT molecular complexity index is 1250. The summed E-state index contributed by atoms with van der Waals surface area (Å²) in [6.07, 6.45) is 3.06. The Hall–Kier alpha value is -3.69. The fraction of sp³-hybridized carbons (Fsp3) is 0.370. The Kier molecular flexibility index (Phi) is 6.75. The molecule has 2 fully saturated rings. The highest BCUT2D eigenvalue weighted by Crippen LogP contribution is 2.30. The highest BCUT2D eigenvalue weighted by molar-refractivity contribution is 5.94. The van der Waals surface area contributed by atoms with E-state index in [1.807, 2.05) is 37.3 Å². The number of esters is 1. The van der Waals surface area contributed by atoms with E-state index in [1.54, 1.807) is 17.3 Å². The van der Waals surface area contributed by atoms with Crippen molar-refractivity contribution in [3.05, 3.63) is 69.9 Å². The molecule has 0 saturated carbocycles. The highest BCUT2D eigenvalue weighted by Gasteiger charge is 2.28. The Morgan fingerprint density at radius 1 is 1.19 bits per heavy atom. The van der Waals surface area contributed by atoms with Crippen LogP contribution in [0, 0.1) is 13.8 Å². The fourth-order valence-electron chi connectivity index (χ4n) is 5.06. The van der Waals surface area contributed by atoms with Crippen LogP contribution in [0.3, 0.4) is 0 Å². The highest BCUT2D eigenvalue weighted by atomic mass is 16.6. The van der Waals surface area contributed by atoms with Gasteiger partial charge in [-0.1, -0.05) is 6.07 Å². The number of piperazine rings is 1. The summed E-state index contributed by atoms with van der Waals surface area (Å²) in [5.41, 5.74) is 13.4. The lowest BCUT2D eigenvalue weighted by Gasteiger charge is -2.35. The number of aliphatic imine (C=N–C) groups is 1. The molecule has 1 amide bonds. The quantitative estimate of drug-likeness (QED) is 0.474. The average molecular weight is 490 g/mol. The van der Waals surface area contributed by atoms with Crippen LogP contribution >= 0.6 is 0 Å². The number of cyclic esters (lactones) is 2. The van der Waals surface area contributed by atoms with Crippen molar-refractivity contribution in [3.63, 3.8) is 0 Å². The second-order valence-corrected chi connectivity index (χ2v) is 9.42. The zero-order valence-electron chi connectivity index (χ0n) is 20.6. The maximum Gasteiger partial charge on any atom is 0.414 e. The van der Waals surface area contributed by atoms with E-state index in [1.165, 1.54) is 5.56 Å². The minimum atomic E-state index is -0.330. The standard InChI is InChI=1S/C27H31N5O4/c1-17-9-20(11-21(10-17)32-7-8-35-27(32)34)30-13-19(12-28)14-31-6-5-29-25(15-31)22-3-4-23-24(18(22)2)16-36-26(23)33/h3-4,9-13,25,29H,5-8,14-16,28H2,1-2H3/t25-/m0/s1. The maximum atomic E-state index is 12.0. The molecular weight excluding hydrogens is 458 g/mol. The number of amides is 1. The van der Waals surface area contributed by atoms with E-state index < -0.39 is 0 Å². The summed E-state index contributed by atoms with van der Waals surface area (Å²) in [6.45, 7) is 8.54. The molecule has 3 aliphatic rings. The Morgan fingerprint density at radius 3 is 2.83 bits per heavy atom. The molecule has 2 saturated heterocycles. The van der Waals surface area contributed by atoms with Gasteiger partial charge in [0.05, 0.1) is 17.8 Å². The van der Waals surface area contributed by atoms with Crippen LogP contribution in [0.15, 0.2) is 47.1 Å². The number of rotatable bonds is 6. The molecule has 0 radical (unpaired) electrons. The lowest BCUT2D eigenvalue weighted by Crippen LogP contribution is -2.46. The summed E-state index contributed by atoms with van der Waals surface area (Å²) in [5.74, 6) is -0.240. The van der Waals surface area contributed by atoms with Crippen LogP contribution in [-0.2, 0) is 16.1 Å². The topological polar surface area (TPSA) is 109 Å². The van der Waals surface area contributed by atoms with E-state index in [0.29, 0.717) is 31.9 Å². The summed E-state index contributed by atoms with van der Waals surface area (Å²) in [6, 6.07) is 9.88. The smallest absolute Gasteiger partial charge is 0.414 e. The number of benzene rings is 2. The molecule has 3 aliphatic heterocycles. The first kappa shape index (κ1) is 24.0. The number of hydrogen-bond donors (Lipinski definition) is 2. The van der Waals surface area contributed by atoms with Gasteiger partial charge < -0.3 is 20.5 Å². The van der Waals surface area contributed by atoms with E-state index in [0.717, 1.165) is 53.3 Å². The molecule has 36 heavy (non-hydrogen) atoms. The molecule has 3 heterocycles. The zero-order valence-corrected chi connectivity index (χ0v) is 20.6. The first-order valence-corrected chi connectivity index (χ1v) is 12.2. The predicted molar refractivity (Wildman–Crippen MR) is 138 cm³/mol. The normalized spacial score (nSPS) is 20.7. The maximum absolute atomic E-state index is 12.0. The fourth-order valence-corrected chi connectivity index (χ4v) is 5.06. The minimum Gasteiger partial charge on any atom is -0.457 e. The zero-order chi connectivity index (χ0) is 25.2. The van der Waals surface area contributed by atoms with E-state index in [9.17, 15) is 9.59 Å². The number of nitrogens with zero attached hydrogens (tertiary/aromatic N) is 3. The first-order valence-electron chi connectivity index (χ1n) is 12.2. The van der Waals surface area contributed by atoms with E-state index in [2.05, 4.69) is 22.1 Å². The van der Waals surface area contributed by atoms with Crippen LogP contribution in [-0.4, -0.2) is 62.5 Å². The third-order valence-corrected chi connectivity index (χ3v) is 6.96. The number of fused-ring (bicyclic) bond motifs is 1. The lowest BCUT2D eigenvalue weighted by atomic mass is 9.93. The second kappa shape index (κ2) is 10.1. The SMILES string of the molecule is Cc1cc(N=CC(=CN)CN2CCN[C@H](c3ccc4c(c3C)COC4=O)C2)cc(N2CCOC2=O)c1. The van der Waals surface area contributed by atoms with Crippen LogP contribution in [0.5, 0.6) is 0 Å². The summed E-state index contributed by atoms with van der Waals surface area (Å²) >= 11 is 0. The van der Waals surface area contributed by atoms with Gasteiger partial charge in [-0.2, -0.15) is 0 Å². The van der Waals surface area contributed by atoms with Crippen LogP contribution in [0.1, 0.15) is 38.7 Å². The molecule has 9 heteroatoms. The minimum absolute atomic E-state index is 0.148. The molecule has 2 aromatic rings. The van der Waals surface area contributed by atoms with Crippen molar-refractivity contribution in [2.75, 3.05) is 44.2 Å². The van der Waals surface area contributed by atoms with E-state index in [-0.39, 0.29) is 18.1 Å². The van der Waals surface area contributed by atoms with Gasteiger partial charge in [-0.3, -0.25) is 14.8 Å². The van der Waals surface area contributed by atoms with Gasteiger partial charge in [-0.25, -0.2) is 9.59 Å². The molecule has 0 bridgehead atoms. The monoisotopic (exact) mass is 489 g/mol. The summed E-state index contributed by atoms with van der Waals surface area (Å²) in [5, 5.41) is 3.61. The second-order valence-electron chi connectivity index (χ2n) is 9.42. The average Bonchev–Trinajstić information content (AvgIpc) is 3.47. The number of ether oxygens (including phenoxy) is 2. The molecule has 188 valence electrons. The van der Waals surface area contributed by atoms with Gasteiger partial charge in [0.1, 0.15) is 13.2 Å². The Labute approximate surface area is 210 Å². The van der Waals surface area contributed by atoms with Gasteiger partial charge in [0.2, 0.25) is 0 Å². The summed E-state index contributed by atoms with van der Waals surface area (Å²) in [4.78, 5) is 32.5. The molecule has 2 aromatic carbocycles. The van der Waals surface area contributed by atoms with Gasteiger partial charge in [0, 0.05) is 49.7 Å². The van der Waals surface area contributed by atoms with Crippen molar-refractivity contribution < 1.29 is 19.1 Å².